The minimum Gasteiger partial charge on any atom is -0.278 e. The molecule has 1 atom stereocenters. The van der Waals surface area contributed by atoms with E-state index in [1.165, 1.54) is 31.0 Å². The van der Waals surface area contributed by atoms with Crippen molar-refractivity contribution < 1.29 is 0 Å². The largest absolute Gasteiger partial charge is 0.278 e. The first kappa shape index (κ1) is 6.85. The lowest BCUT2D eigenvalue weighted by atomic mass is 10.3. The van der Waals surface area contributed by atoms with E-state index in [0.717, 1.165) is 0 Å². The molecule has 0 aromatic rings. The molecule has 0 N–H and O–H groups in total. The van der Waals surface area contributed by atoms with Crippen molar-refractivity contribution in [2.75, 3.05) is 18.2 Å². The Labute approximate surface area is 57.5 Å². The maximum atomic E-state index is 2.75. The molecule has 1 unspecified atom stereocenters. The summed E-state index contributed by atoms with van der Waals surface area (Å²) >= 11 is 2.03. The fraction of sp³-hybridized carbons (Fsp3) is 1.00. The van der Waals surface area contributed by atoms with Crippen molar-refractivity contribution >= 4 is 21.2 Å². The van der Waals surface area contributed by atoms with Gasteiger partial charge in [0.25, 0.3) is 0 Å². The van der Waals surface area contributed by atoms with Gasteiger partial charge in [-0.15, -0.1) is 11.8 Å². The van der Waals surface area contributed by atoms with Gasteiger partial charge in [-0.3, -0.25) is 4.67 Å². The van der Waals surface area contributed by atoms with Crippen molar-refractivity contribution in [3.8, 4) is 0 Å². The Hall–Kier alpha value is 0.740. The molecule has 0 saturated carbocycles. The summed E-state index contributed by atoms with van der Waals surface area (Å²) in [4.78, 5) is 0. The number of rotatable bonds is 0. The standard InChI is InChI=1S/C5H12NPS/c7-6-3-1-2-4-8-5-6/h1-5,7H2. The van der Waals surface area contributed by atoms with E-state index in [-0.39, 0.29) is 0 Å². The van der Waals surface area contributed by atoms with E-state index in [1.54, 1.807) is 0 Å². The van der Waals surface area contributed by atoms with E-state index in [1.807, 2.05) is 11.8 Å². The van der Waals surface area contributed by atoms with Crippen LogP contribution >= 0.6 is 21.2 Å². The fourth-order valence-corrected chi connectivity index (χ4v) is 2.17. The van der Waals surface area contributed by atoms with Crippen molar-refractivity contribution in [3.05, 3.63) is 0 Å². The van der Waals surface area contributed by atoms with Crippen molar-refractivity contribution in [3.63, 3.8) is 0 Å². The van der Waals surface area contributed by atoms with E-state index in [2.05, 4.69) is 14.1 Å². The Morgan fingerprint density at radius 3 is 3.12 bits per heavy atom. The van der Waals surface area contributed by atoms with Crippen molar-refractivity contribution in [2.45, 2.75) is 12.8 Å². The average Bonchev–Trinajstić information content (AvgIpc) is 1.94. The highest BCUT2D eigenvalue weighted by molar-refractivity contribution is 7.99. The topological polar surface area (TPSA) is 3.24 Å². The Bertz CT molecular complexity index is 61.4. The van der Waals surface area contributed by atoms with Gasteiger partial charge in [0.05, 0.1) is 0 Å². The van der Waals surface area contributed by atoms with Gasteiger partial charge in [0.1, 0.15) is 0 Å². The number of nitrogens with zero attached hydrogens (tertiary/aromatic N) is 1. The fourth-order valence-electron chi connectivity index (χ4n) is 0.765. The van der Waals surface area contributed by atoms with E-state index >= 15 is 0 Å². The van der Waals surface area contributed by atoms with E-state index < -0.39 is 0 Å². The van der Waals surface area contributed by atoms with Crippen molar-refractivity contribution in [2.24, 2.45) is 0 Å². The third-order valence-corrected chi connectivity index (χ3v) is 3.04. The maximum absolute atomic E-state index is 2.75. The molecule has 0 amide bonds. The smallest absolute Gasteiger partial charge is 0.0476 e. The zero-order chi connectivity index (χ0) is 5.82. The van der Waals surface area contributed by atoms with Gasteiger partial charge in [-0.05, 0) is 18.6 Å². The number of hydrogen-bond donors (Lipinski definition) is 0. The zero-order valence-electron chi connectivity index (χ0n) is 4.97. The summed E-state index contributed by atoms with van der Waals surface area (Å²) in [6.07, 6.45) is 2.77. The normalized spacial score (nSPS) is 25.1. The first-order valence-electron chi connectivity index (χ1n) is 2.97. The van der Waals surface area contributed by atoms with Crippen LogP contribution in [-0.2, 0) is 0 Å². The molecule has 1 heterocycles. The van der Waals surface area contributed by atoms with Gasteiger partial charge < -0.3 is 0 Å². The van der Waals surface area contributed by atoms with Crippen LogP contribution < -0.4 is 0 Å². The molecule has 0 aliphatic carbocycles. The SMILES string of the molecule is PN1CCCCSC1. The van der Waals surface area contributed by atoms with Crippen molar-refractivity contribution in [1.29, 1.82) is 0 Å². The third kappa shape index (κ3) is 2.34. The highest BCUT2D eigenvalue weighted by atomic mass is 32.2. The van der Waals surface area contributed by atoms with Gasteiger partial charge in [0.15, 0.2) is 0 Å². The molecule has 0 aromatic heterocycles. The highest BCUT2D eigenvalue weighted by Gasteiger charge is 2.02. The highest BCUT2D eigenvalue weighted by Crippen LogP contribution is 2.15. The number of thioether (sulfide) groups is 1. The van der Waals surface area contributed by atoms with Gasteiger partial charge in [-0.25, -0.2) is 0 Å². The van der Waals surface area contributed by atoms with Crippen molar-refractivity contribution in [1.82, 2.24) is 4.67 Å². The predicted molar refractivity (Wildman–Crippen MR) is 43.0 cm³/mol. The van der Waals surface area contributed by atoms with Gasteiger partial charge in [-0.1, -0.05) is 9.39 Å². The molecule has 1 aliphatic rings. The van der Waals surface area contributed by atoms with Gasteiger partial charge in [-0.2, -0.15) is 0 Å². The van der Waals surface area contributed by atoms with Crippen LogP contribution in [0, 0.1) is 0 Å². The van der Waals surface area contributed by atoms with Crippen LogP contribution in [0.15, 0.2) is 0 Å². The molecule has 0 spiro atoms. The molecule has 1 saturated heterocycles. The Morgan fingerprint density at radius 2 is 2.25 bits per heavy atom. The van der Waals surface area contributed by atoms with E-state index in [9.17, 15) is 0 Å². The number of hydrogen-bond acceptors (Lipinski definition) is 2. The Balaban J connectivity index is 2.17. The second-order valence-electron chi connectivity index (χ2n) is 2.06. The molecule has 1 fully saturated rings. The van der Waals surface area contributed by atoms with Gasteiger partial charge in [0.2, 0.25) is 0 Å². The summed E-state index contributed by atoms with van der Waals surface area (Å²) in [5.41, 5.74) is 0. The molecule has 1 rings (SSSR count). The summed E-state index contributed by atoms with van der Waals surface area (Å²) < 4.78 is 2.30. The predicted octanol–water partition coefficient (Wildman–Crippen LogP) is 1.56. The zero-order valence-corrected chi connectivity index (χ0v) is 6.94. The molecule has 0 aromatic carbocycles. The molecular weight excluding hydrogens is 137 g/mol. The second-order valence-corrected chi connectivity index (χ2v) is 3.86. The molecule has 0 radical (unpaired) electrons. The quantitative estimate of drug-likeness (QED) is 0.481. The molecule has 1 nitrogen and oxygen atoms in total. The first-order chi connectivity index (χ1) is 3.89. The van der Waals surface area contributed by atoms with Gasteiger partial charge >= 0.3 is 0 Å². The summed E-state index contributed by atoms with van der Waals surface area (Å²) in [6.45, 7) is 1.26. The lowest BCUT2D eigenvalue weighted by Gasteiger charge is -2.09. The minimum absolute atomic E-state index is 1.20. The van der Waals surface area contributed by atoms with Crippen LogP contribution in [0.3, 0.4) is 0 Å². The van der Waals surface area contributed by atoms with E-state index in [0.29, 0.717) is 0 Å². The summed E-state index contributed by atoms with van der Waals surface area (Å²) in [5, 5.41) is 0. The van der Waals surface area contributed by atoms with Crippen LogP contribution in [0.5, 0.6) is 0 Å². The molecule has 1 aliphatic heterocycles. The molecule has 0 bridgehead atoms. The van der Waals surface area contributed by atoms with Crippen LogP contribution in [0.2, 0.25) is 0 Å². The molecule has 3 heteroatoms. The molecule has 48 valence electrons. The summed E-state index contributed by atoms with van der Waals surface area (Å²) in [5.74, 6) is 2.55. The minimum atomic E-state index is 1.20. The lowest BCUT2D eigenvalue weighted by molar-refractivity contribution is 0.533. The summed E-state index contributed by atoms with van der Waals surface area (Å²) in [6, 6.07) is 0. The first-order valence-corrected chi connectivity index (χ1v) is 4.64. The maximum Gasteiger partial charge on any atom is 0.0476 e. The molecule has 8 heavy (non-hydrogen) atoms. The second kappa shape index (κ2) is 3.71. The van der Waals surface area contributed by atoms with Crippen LogP contribution in [0.4, 0.5) is 0 Å². The molecular formula is C5H12NPS. The van der Waals surface area contributed by atoms with Crippen LogP contribution in [0.1, 0.15) is 12.8 Å². The van der Waals surface area contributed by atoms with Crippen LogP contribution in [-0.4, -0.2) is 22.8 Å². The van der Waals surface area contributed by atoms with Gasteiger partial charge in [0, 0.05) is 12.4 Å². The average molecular weight is 149 g/mol. The Morgan fingerprint density at radius 1 is 1.38 bits per heavy atom. The monoisotopic (exact) mass is 149 g/mol. The lowest BCUT2D eigenvalue weighted by Crippen LogP contribution is -2.08. The Kier molecular flexibility index (Phi) is 3.18. The van der Waals surface area contributed by atoms with Crippen LogP contribution in [0.25, 0.3) is 0 Å². The summed E-state index contributed by atoms with van der Waals surface area (Å²) in [7, 11) is 2.75. The third-order valence-electron chi connectivity index (χ3n) is 1.24. The van der Waals surface area contributed by atoms with E-state index in [4.69, 9.17) is 0 Å².